The number of aliphatic hydroxyl groups is 3. The van der Waals surface area contributed by atoms with Crippen molar-refractivity contribution >= 4 is 11.9 Å². The number of rotatable bonds is 8. The van der Waals surface area contributed by atoms with E-state index in [1.54, 1.807) is 48.5 Å². The van der Waals surface area contributed by atoms with Gasteiger partial charge in [0.15, 0.2) is 6.10 Å². The number of hydrogen-bond acceptors (Lipinski definition) is 10. The van der Waals surface area contributed by atoms with Crippen molar-refractivity contribution in [1.29, 1.82) is 0 Å². The lowest BCUT2D eigenvalue weighted by molar-refractivity contribution is -0.276. The van der Waals surface area contributed by atoms with E-state index in [0.29, 0.717) is 5.56 Å². The summed E-state index contributed by atoms with van der Waals surface area (Å²) < 4.78 is 22.3. The molecular weight excluding hydrogens is 484 g/mol. The number of esters is 2. The van der Waals surface area contributed by atoms with E-state index >= 15 is 0 Å². The van der Waals surface area contributed by atoms with Crippen LogP contribution in [0, 0.1) is 0 Å². The molecule has 4 N–H and O–H groups in total. The highest BCUT2D eigenvalue weighted by molar-refractivity contribution is 5.89. The second kappa shape index (κ2) is 11.8. The minimum Gasteiger partial charge on any atom is -0.508 e. The smallest absolute Gasteiger partial charge is 0.338 e. The molecule has 1 heterocycles. The molecule has 3 aromatic carbocycles. The number of phenolic OH excluding ortho intramolecular Hbond substituents is 1. The predicted octanol–water partition coefficient (Wildman–Crippen LogP) is 1.79. The molecule has 0 aromatic heterocycles. The Morgan fingerprint density at radius 2 is 1.46 bits per heavy atom. The average Bonchev–Trinajstić information content (AvgIpc) is 2.93. The Bertz CT molecular complexity index is 1200. The van der Waals surface area contributed by atoms with Gasteiger partial charge in [-0.25, -0.2) is 9.59 Å². The van der Waals surface area contributed by atoms with Crippen molar-refractivity contribution in [2.45, 2.75) is 37.3 Å². The summed E-state index contributed by atoms with van der Waals surface area (Å²) >= 11 is 0. The van der Waals surface area contributed by atoms with E-state index < -0.39 is 49.3 Å². The Balaban J connectivity index is 1.55. The number of benzene rings is 3. The first kappa shape index (κ1) is 26.1. The Hall–Kier alpha value is -3.96. The van der Waals surface area contributed by atoms with E-state index in [1.165, 1.54) is 30.3 Å². The average molecular weight is 510 g/mol. The molecule has 4 rings (SSSR count). The topological polar surface area (TPSA) is 152 Å². The Morgan fingerprint density at radius 3 is 2.08 bits per heavy atom. The molecule has 0 spiro atoms. The number of carbonyl (C=O) groups excluding carboxylic acids is 2. The SMILES string of the molecule is O=C(OCc1cc(O)ccc1O[C@@H]1O[C@H](CO)[C@@H](O)[C@H](O)[C@H]1OC(=O)c1ccccc1)c1ccccc1. The number of aromatic hydroxyl groups is 1. The number of ether oxygens (including phenoxy) is 4. The van der Waals surface area contributed by atoms with E-state index in [1.807, 2.05) is 0 Å². The minimum absolute atomic E-state index is 0.0877. The number of aliphatic hydroxyl groups excluding tert-OH is 3. The third kappa shape index (κ3) is 6.25. The van der Waals surface area contributed by atoms with Crippen LogP contribution in [0.4, 0.5) is 0 Å². The zero-order valence-corrected chi connectivity index (χ0v) is 19.5. The van der Waals surface area contributed by atoms with Crippen molar-refractivity contribution in [1.82, 2.24) is 0 Å². The summed E-state index contributed by atoms with van der Waals surface area (Å²) in [5, 5.41) is 40.6. The van der Waals surface area contributed by atoms with Crippen LogP contribution < -0.4 is 4.74 Å². The largest absolute Gasteiger partial charge is 0.508 e. The number of phenols is 1. The standard InChI is InChI=1S/C27H26O10/c28-14-21-22(30)23(31)24(37-26(33)17-9-5-2-6-10-17)27(36-21)35-20-12-11-19(29)13-18(20)15-34-25(32)16-7-3-1-4-8-16/h1-13,21-24,27-31H,14-15H2/t21-,22-,23+,24-,27-/m1/s1. The van der Waals surface area contributed by atoms with Crippen molar-refractivity contribution in [2.75, 3.05) is 6.61 Å². The maximum atomic E-state index is 12.7. The van der Waals surface area contributed by atoms with Crippen LogP contribution in [0.2, 0.25) is 0 Å². The van der Waals surface area contributed by atoms with Gasteiger partial charge >= 0.3 is 11.9 Å². The maximum absolute atomic E-state index is 12.7. The van der Waals surface area contributed by atoms with Crippen LogP contribution in [0.25, 0.3) is 0 Å². The Morgan fingerprint density at radius 1 is 0.838 bits per heavy atom. The first-order valence-corrected chi connectivity index (χ1v) is 11.5. The molecule has 3 aromatic rings. The van der Waals surface area contributed by atoms with Gasteiger partial charge in [-0.1, -0.05) is 36.4 Å². The highest BCUT2D eigenvalue weighted by atomic mass is 16.7. The molecular formula is C27H26O10. The molecule has 10 nitrogen and oxygen atoms in total. The molecule has 0 radical (unpaired) electrons. The molecule has 0 aliphatic carbocycles. The third-order valence-electron chi connectivity index (χ3n) is 5.73. The summed E-state index contributed by atoms with van der Waals surface area (Å²) in [6.45, 7) is -0.929. The second-order valence-corrected chi connectivity index (χ2v) is 8.29. The normalized spacial score (nSPS) is 23.2. The van der Waals surface area contributed by atoms with Crippen molar-refractivity contribution in [2.24, 2.45) is 0 Å². The van der Waals surface area contributed by atoms with Gasteiger partial charge in [0, 0.05) is 5.56 Å². The van der Waals surface area contributed by atoms with E-state index in [-0.39, 0.29) is 29.2 Å². The van der Waals surface area contributed by atoms with Gasteiger partial charge in [-0.15, -0.1) is 0 Å². The molecule has 37 heavy (non-hydrogen) atoms. The summed E-state index contributed by atoms with van der Waals surface area (Å²) in [4.78, 5) is 25.0. The van der Waals surface area contributed by atoms with Gasteiger partial charge < -0.3 is 39.4 Å². The van der Waals surface area contributed by atoms with Crippen LogP contribution in [0.5, 0.6) is 11.5 Å². The van der Waals surface area contributed by atoms with Crippen molar-refractivity contribution in [3.63, 3.8) is 0 Å². The quantitative estimate of drug-likeness (QED) is 0.330. The lowest BCUT2D eigenvalue weighted by Gasteiger charge is -2.41. The third-order valence-corrected chi connectivity index (χ3v) is 5.73. The van der Waals surface area contributed by atoms with Crippen LogP contribution in [-0.2, 0) is 20.8 Å². The molecule has 1 fully saturated rings. The molecule has 194 valence electrons. The van der Waals surface area contributed by atoms with E-state index in [2.05, 4.69) is 0 Å². The van der Waals surface area contributed by atoms with Crippen LogP contribution >= 0.6 is 0 Å². The molecule has 0 bridgehead atoms. The first-order chi connectivity index (χ1) is 17.9. The van der Waals surface area contributed by atoms with Crippen LogP contribution in [0.3, 0.4) is 0 Å². The molecule has 0 saturated carbocycles. The molecule has 1 aliphatic rings. The second-order valence-electron chi connectivity index (χ2n) is 8.29. The molecule has 0 unspecified atom stereocenters. The van der Waals surface area contributed by atoms with E-state index in [9.17, 15) is 30.0 Å². The summed E-state index contributed by atoms with van der Waals surface area (Å²) in [6.07, 6.45) is -7.40. The van der Waals surface area contributed by atoms with E-state index in [4.69, 9.17) is 18.9 Å². The Labute approximate surface area is 212 Å². The summed E-state index contributed by atoms with van der Waals surface area (Å²) in [5.41, 5.74) is 0.782. The van der Waals surface area contributed by atoms with Gasteiger partial charge in [0.2, 0.25) is 6.29 Å². The number of carbonyl (C=O) groups is 2. The summed E-state index contributed by atoms with van der Waals surface area (Å²) in [6, 6.07) is 20.3. The van der Waals surface area contributed by atoms with Crippen molar-refractivity contribution in [3.05, 3.63) is 95.6 Å². The predicted molar refractivity (Wildman–Crippen MR) is 128 cm³/mol. The summed E-state index contributed by atoms with van der Waals surface area (Å²) in [7, 11) is 0. The minimum atomic E-state index is -1.65. The molecule has 5 atom stereocenters. The maximum Gasteiger partial charge on any atom is 0.338 e. The van der Waals surface area contributed by atoms with Gasteiger partial charge in [-0.05, 0) is 42.5 Å². The molecule has 1 aliphatic heterocycles. The lowest BCUT2D eigenvalue weighted by Crippen LogP contribution is -2.61. The van der Waals surface area contributed by atoms with Gasteiger partial charge in [0.1, 0.15) is 36.4 Å². The van der Waals surface area contributed by atoms with Crippen LogP contribution in [0.15, 0.2) is 78.9 Å². The lowest BCUT2D eigenvalue weighted by atomic mass is 9.99. The zero-order chi connectivity index (χ0) is 26.4. The van der Waals surface area contributed by atoms with Crippen molar-refractivity contribution < 1.29 is 49.0 Å². The monoisotopic (exact) mass is 510 g/mol. The van der Waals surface area contributed by atoms with Crippen molar-refractivity contribution in [3.8, 4) is 11.5 Å². The fourth-order valence-electron chi connectivity index (χ4n) is 3.76. The van der Waals surface area contributed by atoms with Gasteiger partial charge in [0.25, 0.3) is 0 Å². The van der Waals surface area contributed by atoms with Crippen LogP contribution in [0.1, 0.15) is 26.3 Å². The van der Waals surface area contributed by atoms with Gasteiger partial charge in [0.05, 0.1) is 17.7 Å². The highest BCUT2D eigenvalue weighted by Gasteiger charge is 2.48. The zero-order valence-electron chi connectivity index (χ0n) is 19.5. The highest BCUT2D eigenvalue weighted by Crippen LogP contribution is 2.31. The Kier molecular flexibility index (Phi) is 8.36. The fourth-order valence-corrected chi connectivity index (χ4v) is 3.76. The fraction of sp³-hybridized carbons (Fsp3) is 0.259. The van der Waals surface area contributed by atoms with Crippen LogP contribution in [-0.4, -0.2) is 69.7 Å². The molecule has 0 amide bonds. The van der Waals surface area contributed by atoms with E-state index in [0.717, 1.165) is 0 Å². The van der Waals surface area contributed by atoms with Gasteiger partial charge in [-0.3, -0.25) is 0 Å². The number of hydrogen-bond donors (Lipinski definition) is 4. The molecule has 10 heteroatoms. The first-order valence-electron chi connectivity index (χ1n) is 11.5. The van der Waals surface area contributed by atoms with Gasteiger partial charge in [-0.2, -0.15) is 0 Å². The molecule has 1 saturated heterocycles. The summed E-state index contributed by atoms with van der Waals surface area (Å²) in [5.74, 6) is -1.43.